The monoisotopic (exact) mass is 364 g/mol. The van der Waals surface area contributed by atoms with Gasteiger partial charge in [-0.15, -0.1) is 0 Å². The molecule has 0 radical (unpaired) electrons. The molecule has 3 aromatic rings. The summed E-state index contributed by atoms with van der Waals surface area (Å²) in [7, 11) is 0. The Morgan fingerprint density at radius 3 is 2.59 bits per heavy atom. The molecule has 0 unspecified atom stereocenters. The summed E-state index contributed by atoms with van der Waals surface area (Å²) in [6, 6.07) is 15.6. The van der Waals surface area contributed by atoms with Gasteiger partial charge in [0, 0.05) is 5.69 Å². The van der Waals surface area contributed by atoms with Crippen molar-refractivity contribution < 1.29 is 13.9 Å². The molecule has 27 heavy (non-hydrogen) atoms. The average molecular weight is 364 g/mol. The number of hydrogen-bond donors (Lipinski definition) is 1. The van der Waals surface area contributed by atoms with E-state index in [4.69, 9.17) is 9.15 Å². The maximum Gasteiger partial charge on any atom is 0.339 e. The van der Waals surface area contributed by atoms with Gasteiger partial charge in [0.1, 0.15) is 17.1 Å². The molecule has 1 N–H and O–H groups in total. The Morgan fingerprint density at radius 2 is 1.81 bits per heavy atom. The van der Waals surface area contributed by atoms with Crippen LogP contribution < -0.4 is 15.7 Å². The molecular formula is C21H20N2O4. The molecule has 6 heteroatoms. The number of fused-ring (bicyclic) bond motifs is 1. The first-order chi connectivity index (χ1) is 13.2. The van der Waals surface area contributed by atoms with Crippen LogP contribution in [0.25, 0.3) is 11.0 Å². The fraction of sp³-hybridized carbons (Fsp3) is 0.238. The number of anilines is 1. The number of likely N-dealkylation sites (tertiary alicyclic amines) is 1. The summed E-state index contributed by atoms with van der Waals surface area (Å²) in [6.07, 6.45) is 2.32. The van der Waals surface area contributed by atoms with Crippen LogP contribution in [-0.4, -0.2) is 30.4 Å². The third-order valence-electron chi connectivity index (χ3n) is 4.54. The summed E-state index contributed by atoms with van der Waals surface area (Å²) in [6.45, 7) is 2.39. The zero-order valence-corrected chi connectivity index (χ0v) is 14.8. The number of rotatable bonds is 5. The van der Waals surface area contributed by atoms with E-state index in [-0.39, 0.29) is 5.91 Å². The van der Waals surface area contributed by atoms with Gasteiger partial charge in [-0.05, 0) is 62.3 Å². The second-order valence-corrected chi connectivity index (χ2v) is 6.58. The highest BCUT2D eigenvalue weighted by atomic mass is 16.5. The van der Waals surface area contributed by atoms with Crippen LogP contribution in [0.3, 0.4) is 0 Å². The lowest BCUT2D eigenvalue weighted by Gasteiger charge is -2.14. The fourth-order valence-corrected chi connectivity index (χ4v) is 3.24. The highest BCUT2D eigenvalue weighted by molar-refractivity contribution is 5.92. The molecule has 0 spiro atoms. The molecule has 6 nitrogen and oxygen atoms in total. The Kier molecular flexibility index (Phi) is 4.89. The maximum atomic E-state index is 12.1. The van der Waals surface area contributed by atoms with Crippen LogP contribution in [0.15, 0.2) is 63.8 Å². The first kappa shape index (κ1) is 17.3. The molecule has 1 aliphatic heterocycles. The van der Waals surface area contributed by atoms with E-state index in [9.17, 15) is 9.59 Å². The first-order valence-electron chi connectivity index (χ1n) is 9.00. The van der Waals surface area contributed by atoms with Crippen molar-refractivity contribution in [3.63, 3.8) is 0 Å². The molecule has 2 aromatic carbocycles. The van der Waals surface area contributed by atoms with Gasteiger partial charge in [0.05, 0.1) is 18.0 Å². The van der Waals surface area contributed by atoms with E-state index in [1.165, 1.54) is 6.07 Å². The molecular weight excluding hydrogens is 344 g/mol. The third-order valence-corrected chi connectivity index (χ3v) is 4.54. The van der Waals surface area contributed by atoms with Crippen molar-refractivity contribution in [3.8, 4) is 11.5 Å². The normalized spacial score (nSPS) is 14.4. The fourth-order valence-electron chi connectivity index (χ4n) is 3.24. The standard InChI is InChI=1S/C21H20N2O4/c24-20(14-23-11-3-4-12-23)22-15-7-9-16(10-8-15)26-19-13-21(25)27-18-6-2-1-5-17(18)19/h1-2,5-10,13H,3-4,11-12,14H2,(H,22,24). The van der Waals surface area contributed by atoms with Crippen molar-refractivity contribution in [2.45, 2.75) is 12.8 Å². The predicted octanol–water partition coefficient (Wildman–Crippen LogP) is 3.62. The van der Waals surface area contributed by atoms with Crippen molar-refractivity contribution >= 4 is 22.6 Å². The molecule has 1 saturated heterocycles. The number of amides is 1. The van der Waals surface area contributed by atoms with Gasteiger partial charge in [0.15, 0.2) is 0 Å². The Balaban J connectivity index is 1.45. The number of nitrogens with one attached hydrogen (secondary N) is 1. The second-order valence-electron chi connectivity index (χ2n) is 6.58. The lowest BCUT2D eigenvalue weighted by atomic mass is 10.2. The number of carbonyl (C=O) groups excluding carboxylic acids is 1. The van der Waals surface area contributed by atoms with Crippen LogP contribution in [0, 0.1) is 0 Å². The van der Waals surface area contributed by atoms with Gasteiger partial charge in [0.2, 0.25) is 5.91 Å². The summed E-state index contributed by atoms with van der Waals surface area (Å²) in [5.41, 5.74) is 0.726. The number of ether oxygens (including phenoxy) is 1. The molecule has 2 heterocycles. The summed E-state index contributed by atoms with van der Waals surface area (Å²) in [5.74, 6) is 0.994. The molecule has 1 fully saturated rings. The largest absolute Gasteiger partial charge is 0.456 e. The van der Waals surface area contributed by atoms with E-state index < -0.39 is 5.63 Å². The Bertz CT molecular complexity index is 1000. The van der Waals surface area contributed by atoms with E-state index in [1.54, 1.807) is 36.4 Å². The average Bonchev–Trinajstić information content (AvgIpc) is 3.16. The van der Waals surface area contributed by atoms with E-state index in [2.05, 4.69) is 10.2 Å². The summed E-state index contributed by atoms with van der Waals surface area (Å²) < 4.78 is 11.0. The summed E-state index contributed by atoms with van der Waals surface area (Å²) in [4.78, 5) is 26.0. The Labute approximate surface area is 156 Å². The molecule has 1 aromatic heterocycles. The van der Waals surface area contributed by atoms with Crippen LogP contribution in [0.5, 0.6) is 11.5 Å². The highest BCUT2D eigenvalue weighted by Crippen LogP contribution is 2.29. The molecule has 0 aliphatic carbocycles. The number of carbonyl (C=O) groups is 1. The molecule has 0 bridgehead atoms. The zero-order chi connectivity index (χ0) is 18.6. The Hall–Kier alpha value is -3.12. The lowest BCUT2D eigenvalue weighted by Crippen LogP contribution is -2.30. The topological polar surface area (TPSA) is 71.8 Å². The van der Waals surface area contributed by atoms with E-state index in [0.29, 0.717) is 29.3 Å². The SMILES string of the molecule is O=C(CN1CCCC1)Nc1ccc(Oc2cc(=O)oc3ccccc23)cc1. The predicted molar refractivity (Wildman–Crippen MR) is 103 cm³/mol. The third kappa shape index (κ3) is 4.17. The smallest absolute Gasteiger partial charge is 0.339 e. The quantitative estimate of drug-likeness (QED) is 0.700. The van der Waals surface area contributed by atoms with Crippen molar-refractivity contribution in [2.24, 2.45) is 0 Å². The molecule has 138 valence electrons. The molecule has 0 atom stereocenters. The van der Waals surface area contributed by atoms with Crippen molar-refractivity contribution in [1.82, 2.24) is 4.90 Å². The van der Waals surface area contributed by atoms with Gasteiger partial charge in [-0.25, -0.2) is 4.79 Å². The number of hydrogen-bond acceptors (Lipinski definition) is 5. The lowest BCUT2D eigenvalue weighted by molar-refractivity contribution is -0.117. The van der Waals surface area contributed by atoms with Gasteiger partial charge < -0.3 is 14.5 Å². The zero-order valence-electron chi connectivity index (χ0n) is 14.8. The van der Waals surface area contributed by atoms with Crippen LogP contribution in [0.2, 0.25) is 0 Å². The van der Waals surface area contributed by atoms with Gasteiger partial charge in [-0.1, -0.05) is 12.1 Å². The van der Waals surface area contributed by atoms with Gasteiger partial charge in [0.25, 0.3) is 0 Å². The Morgan fingerprint density at radius 1 is 1.07 bits per heavy atom. The molecule has 0 saturated carbocycles. The summed E-state index contributed by atoms with van der Waals surface area (Å²) in [5, 5.41) is 3.62. The van der Waals surface area contributed by atoms with Crippen LogP contribution in [0.1, 0.15) is 12.8 Å². The van der Waals surface area contributed by atoms with Gasteiger partial charge in [-0.3, -0.25) is 9.69 Å². The molecule has 4 rings (SSSR count). The highest BCUT2D eigenvalue weighted by Gasteiger charge is 2.15. The number of nitrogens with zero attached hydrogens (tertiary/aromatic N) is 1. The minimum atomic E-state index is -0.463. The minimum absolute atomic E-state index is 0.0165. The molecule has 1 amide bonds. The van der Waals surface area contributed by atoms with Crippen molar-refractivity contribution in [2.75, 3.05) is 25.0 Å². The summed E-state index contributed by atoms with van der Waals surface area (Å²) >= 11 is 0. The number of para-hydroxylation sites is 1. The van der Waals surface area contributed by atoms with Gasteiger partial charge >= 0.3 is 5.63 Å². The maximum absolute atomic E-state index is 12.1. The van der Waals surface area contributed by atoms with Gasteiger partial charge in [-0.2, -0.15) is 0 Å². The van der Waals surface area contributed by atoms with Crippen LogP contribution >= 0.6 is 0 Å². The minimum Gasteiger partial charge on any atom is -0.456 e. The van der Waals surface area contributed by atoms with E-state index in [1.807, 2.05) is 12.1 Å². The first-order valence-corrected chi connectivity index (χ1v) is 9.00. The molecule has 1 aliphatic rings. The van der Waals surface area contributed by atoms with Crippen molar-refractivity contribution in [3.05, 3.63) is 65.0 Å². The van der Waals surface area contributed by atoms with Crippen LogP contribution in [-0.2, 0) is 4.79 Å². The van der Waals surface area contributed by atoms with Crippen LogP contribution in [0.4, 0.5) is 5.69 Å². The van der Waals surface area contributed by atoms with Crippen molar-refractivity contribution in [1.29, 1.82) is 0 Å². The number of benzene rings is 2. The van der Waals surface area contributed by atoms with E-state index >= 15 is 0 Å². The second kappa shape index (κ2) is 7.63. The van der Waals surface area contributed by atoms with E-state index in [0.717, 1.165) is 31.3 Å².